The number of aliphatic hydroxyl groups is 1. The van der Waals surface area contributed by atoms with Crippen LogP contribution in [0.2, 0.25) is 0 Å². The van der Waals surface area contributed by atoms with Crippen molar-refractivity contribution in [2.24, 2.45) is 0 Å². The number of thioether (sulfide) groups is 1. The first-order valence-electron chi connectivity index (χ1n) is 6.13. The largest absolute Gasteiger partial charge is 0.460 e. The van der Waals surface area contributed by atoms with E-state index < -0.39 is 5.60 Å². The molecule has 1 rings (SSSR count). The molecule has 0 saturated carbocycles. The predicted octanol–water partition coefficient (Wildman–Crippen LogP) is 2.66. The van der Waals surface area contributed by atoms with Crippen LogP contribution in [-0.2, 0) is 22.6 Å². The molecular formula is C15H24BO3S. The van der Waals surface area contributed by atoms with Crippen LogP contribution >= 0.6 is 11.8 Å². The number of carbonyl (C=O) groups is 1. The van der Waals surface area contributed by atoms with E-state index in [1.807, 2.05) is 57.5 Å². The van der Waals surface area contributed by atoms with Crippen molar-refractivity contribution < 1.29 is 14.6 Å². The second kappa shape index (κ2) is 10.8. The summed E-state index contributed by atoms with van der Waals surface area (Å²) in [6.45, 7) is 5.52. The van der Waals surface area contributed by atoms with E-state index in [0.29, 0.717) is 0 Å². The normalized spacial score (nSPS) is 9.90. The van der Waals surface area contributed by atoms with Gasteiger partial charge >= 0.3 is 5.97 Å². The van der Waals surface area contributed by atoms with Gasteiger partial charge in [0.1, 0.15) is 5.60 Å². The summed E-state index contributed by atoms with van der Waals surface area (Å²) in [7, 11) is 0. The molecule has 0 heterocycles. The van der Waals surface area contributed by atoms with Gasteiger partial charge < -0.3 is 9.84 Å². The molecule has 1 aromatic carbocycles. The van der Waals surface area contributed by atoms with Gasteiger partial charge in [0.25, 0.3) is 0 Å². The monoisotopic (exact) mass is 295 g/mol. The maximum Gasteiger partial charge on any atom is 0.310 e. The fourth-order valence-corrected chi connectivity index (χ4v) is 1.38. The Morgan fingerprint density at radius 2 is 1.75 bits per heavy atom. The fraction of sp³-hybridized carbons (Fsp3) is 0.533. The predicted molar refractivity (Wildman–Crippen MR) is 87.1 cm³/mol. The number of hydrogen-bond acceptors (Lipinski definition) is 4. The zero-order valence-electron chi connectivity index (χ0n) is 13.0. The number of esters is 1. The first-order chi connectivity index (χ1) is 8.82. The van der Waals surface area contributed by atoms with Gasteiger partial charge in [0.15, 0.2) is 0 Å². The molecule has 3 radical (unpaired) electrons. The van der Waals surface area contributed by atoms with Crippen molar-refractivity contribution in [1.82, 2.24) is 0 Å². The van der Waals surface area contributed by atoms with Crippen LogP contribution in [0.5, 0.6) is 0 Å². The summed E-state index contributed by atoms with van der Waals surface area (Å²) in [6, 6.07) is 7.30. The topological polar surface area (TPSA) is 46.5 Å². The fourth-order valence-electron chi connectivity index (χ4n) is 1.38. The molecule has 0 bridgehead atoms. The minimum atomic E-state index is -0.453. The highest BCUT2D eigenvalue weighted by Crippen LogP contribution is 2.11. The second-order valence-corrected chi connectivity index (χ2v) is 5.97. The third-order valence-electron chi connectivity index (χ3n) is 1.94. The van der Waals surface area contributed by atoms with Crippen molar-refractivity contribution in [2.45, 2.75) is 39.4 Å². The van der Waals surface area contributed by atoms with E-state index >= 15 is 0 Å². The minimum Gasteiger partial charge on any atom is -0.460 e. The summed E-state index contributed by atoms with van der Waals surface area (Å²) in [4.78, 5) is 11.5. The molecule has 1 aromatic rings. The van der Waals surface area contributed by atoms with Crippen molar-refractivity contribution in [3.05, 3.63) is 35.4 Å². The quantitative estimate of drug-likeness (QED) is 0.688. The van der Waals surface area contributed by atoms with E-state index in [1.54, 1.807) is 11.8 Å². The Morgan fingerprint density at radius 1 is 1.25 bits per heavy atom. The minimum absolute atomic E-state index is 0. The number of benzene rings is 1. The zero-order chi connectivity index (χ0) is 14.9. The van der Waals surface area contributed by atoms with E-state index in [1.165, 1.54) is 0 Å². The van der Waals surface area contributed by atoms with Gasteiger partial charge in [-0.2, -0.15) is 11.8 Å². The van der Waals surface area contributed by atoms with Gasteiger partial charge in [0.2, 0.25) is 0 Å². The highest BCUT2D eigenvalue weighted by Gasteiger charge is 2.16. The van der Waals surface area contributed by atoms with Crippen LogP contribution in [0.1, 0.15) is 31.9 Å². The smallest absolute Gasteiger partial charge is 0.310 e. The third-order valence-corrected chi connectivity index (χ3v) is 1.94. The lowest BCUT2D eigenvalue weighted by Crippen LogP contribution is -2.24. The first kappa shape index (κ1) is 21.4. The average Bonchev–Trinajstić information content (AvgIpc) is 2.27. The molecule has 20 heavy (non-hydrogen) atoms. The van der Waals surface area contributed by atoms with Gasteiger partial charge in [0.05, 0.1) is 13.0 Å². The van der Waals surface area contributed by atoms with Crippen LogP contribution < -0.4 is 0 Å². The molecule has 0 aromatic heterocycles. The molecule has 0 atom stereocenters. The summed E-state index contributed by atoms with van der Waals surface area (Å²) in [6.07, 6.45) is 4.32. The summed E-state index contributed by atoms with van der Waals surface area (Å²) in [5, 5.41) is 8.97. The maximum atomic E-state index is 11.5. The molecule has 111 valence electrons. The van der Waals surface area contributed by atoms with Crippen LogP contribution in [0.3, 0.4) is 0 Å². The van der Waals surface area contributed by atoms with Crippen LogP contribution in [0.4, 0.5) is 0 Å². The van der Waals surface area contributed by atoms with E-state index in [9.17, 15) is 4.79 Å². The van der Waals surface area contributed by atoms with Crippen molar-refractivity contribution in [3.8, 4) is 0 Å². The molecule has 5 heteroatoms. The third kappa shape index (κ3) is 10.9. The number of hydrogen-bond donors (Lipinski definition) is 1. The Labute approximate surface area is 128 Å². The number of rotatable bonds is 3. The molecule has 0 aliphatic rings. The summed E-state index contributed by atoms with van der Waals surface area (Å²) >= 11 is 1.75. The number of ether oxygens (including phenoxy) is 1. The lowest BCUT2D eigenvalue weighted by atomic mass is 10.1. The van der Waals surface area contributed by atoms with Crippen molar-refractivity contribution in [3.63, 3.8) is 0 Å². The molecule has 0 saturated heterocycles. The molecule has 1 N–H and O–H groups in total. The Morgan fingerprint density at radius 3 is 2.20 bits per heavy atom. The first-order valence-corrected chi connectivity index (χ1v) is 7.76. The van der Waals surface area contributed by atoms with Crippen molar-refractivity contribution in [2.75, 3.05) is 12.5 Å². The second-order valence-electron chi connectivity index (χ2n) is 5.15. The van der Waals surface area contributed by atoms with Crippen LogP contribution in [-0.4, -0.2) is 37.6 Å². The molecule has 0 spiro atoms. The average molecular weight is 295 g/mol. The van der Waals surface area contributed by atoms with Crippen molar-refractivity contribution in [1.29, 1.82) is 0 Å². The van der Waals surface area contributed by atoms with Gasteiger partial charge in [-0.3, -0.25) is 4.79 Å². The van der Waals surface area contributed by atoms with Gasteiger partial charge in [-0.15, -0.1) is 0 Å². The van der Waals surface area contributed by atoms with E-state index in [2.05, 4.69) is 0 Å². The Kier molecular flexibility index (Phi) is 11.5. The standard InChI is InChI=1S/C13H18O3.C2H6S.B/c1-13(2,3)16-12(15)8-10-5-4-6-11(7-10)9-14;1-3-2;/h4-7,14H,8-9H2,1-3H3;1-2H3;. The molecule has 0 unspecified atom stereocenters. The summed E-state index contributed by atoms with van der Waals surface area (Å²) < 4.78 is 5.21. The van der Waals surface area contributed by atoms with Crippen LogP contribution in [0.25, 0.3) is 0 Å². The summed E-state index contributed by atoms with van der Waals surface area (Å²) in [5.74, 6) is -0.248. The van der Waals surface area contributed by atoms with Crippen molar-refractivity contribution >= 4 is 26.1 Å². The van der Waals surface area contributed by atoms with Crippen LogP contribution in [0, 0.1) is 0 Å². The number of carbonyl (C=O) groups excluding carboxylic acids is 1. The van der Waals surface area contributed by atoms with Crippen LogP contribution in [0.15, 0.2) is 24.3 Å². The lowest BCUT2D eigenvalue weighted by Gasteiger charge is -2.19. The zero-order valence-corrected chi connectivity index (χ0v) is 13.8. The molecular weight excluding hydrogens is 271 g/mol. The van der Waals surface area contributed by atoms with Gasteiger partial charge in [-0.25, -0.2) is 0 Å². The number of aliphatic hydroxyl groups excluding tert-OH is 1. The van der Waals surface area contributed by atoms with E-state index in [4.69, 9.17) is 9.84 Å². The lowest BCUT2D eigenvalue weighted by molar-refractivity contribution is -0.153. The molecule has 0 fully saturated rings. The van der Waals surface area contributed by atoms with E-state index in [-0.39, 0.29) is 27.4 Å². The Hall–Kier alpha value is -0.935. The van der Waals surface area contributed by atoms with Gasteiger partial charge in [-0.05, 0) is 44.4 Å². The van der Waals surface area contributed by atoms with Gasteiger partial charge in [0, 0.05) is 8.41 Å². The molecule has 0 amide bonds. The molecule has 3 nitrogen and oxygen atoms in total. The summed E-state index contributed by atoms with van der Waals surface area (Å²) in [5.41, 5.74) is 1.22. The Balaban J connectivity index is 0. The highest BCUT2D eigenvalue weighted by molar-refractivity contribution is 7.97. The molecule has 0 aliphatic heterocycles. The highest BCUT2D eigenvalue weighted by atomic mass is 32.2. The molecule has 0 aliphatic carbocycles. The maximum absolute atomic E-state index is 11.5. The SMILES string of the molecule is CC(C)(C)OC(=O)Cc1cccc(CO)c1.CSC.[B]. The Bertz CT molecular complexity index is 389. The van der Waals surface area contributed by atoms with E-state index in [0.717, 1.165) is 11.1 Å². The van der Waals surface area contributed by atoms with Gasteiger partial charge in [-0.1, -0.05) is 24.3 Å².